The number of benzene rings is 1. The highest BCUT2D eigenvalue weighted by Crippen LogP contribution is 2.40. The van der Waals surface area contributed by atoms with Gasteiger partial charge in [0.25, 0.3) is 5.91 Å². The number of methoxy groups -OCH3 is 1. The Balaban J connectivity index is 0.000000433. The van der Waals surface area contributed by atoms with Gasteiger partial charge in [-0.25, -0.2) is 18.2 Å². The molecular formula is C21H18F3N5O3. The molecule has 0 radical (unpaired) electrons. The minimum absolute atomic E-state index is 0.00316. The summed E-state index contributed by atoms with van der Waals surface area (Å²) in [6, 6.07) is 7.95. The van der Waals surface area contributed by atoms with Crippen LogP contribution in [0.2, 0.25) is 0 Å². The molecule has 0 bridgehead atoms. The van der Waals surface area contributed by atoms with Crippen LogP contribution in [0.1, 0.15) is 29.2 Å². The van der Waals surface area contributed by atoms with Crippen LogP contribution in [0.25, 0.3) is 17.0 Å². The number of carbonyl (C=O) groups excluding carboxylic acids is 1. The lowest BCUT2D eigenvalue weighted by molar-refractivity contribution is 0.102. The minimum Gasteiger partial charge on any atom is -0.497 e. The first-order valence-electron chi connectivity index (χ1n) is 9.57. The van der Waals surface area contributed by atoms with Gasteiger partial charge < -0.3 is 14.6 Å². The number of fused-ring (bicyclic) bond motifs is 1. The van der Waals surface area contributed by atoms with Gasteiger partial charge in [0.15, 0.2) is 5.82 Å². The number of aromatic nitrogens is 4. The van der Waals surface area contributed by atoms with Crippen molar-refractivity contribution < 1.29 is 27.2 Å². The summed E-state index contributed by atoms with van der Waals surface area (Å²) in [4.78, 5) is 20.8. The molecule has 0 unspecified atom stereocenters. The second kappa shape index (κ2) is 8.33. The molecule has 1 amide bonds. The van der Waals surface area contributed by atoms with Crippen LogP contribution in [0.15, 0.2) is 47.2 Å². The molecule has 32 heavy (non-hydrogen) atoms. The van der Waals surface area contributed by atoms with Crippen LogP contribution in [0.3, 0.4) is 0 Å². The number of halogens is 3. The maximum absolute atomic E-state index is 14.8. The van der Waals surface area contributed by atoms with Crippen molar-refractivity contribution in [2.75, 3.05) is 12.4 Å². The molecule has 1 aliphatic rings. The largest absolute Gasteiger partial charge is 0.497 e. The number of imidazole rings is 1. The zero-order valence-corrected chi connectivity index (χ0v) is 17.1. The molecule has 166 valence electrons. The first kappa shape index (κ1) is 21.3. The lowest BCUT2D eigenvalue weighted by Crippen LogP contribution is -2.15. The molecular weight excluding hydrogens is 427 g/mol. The number of hydrogen-bond donors (Lipinski definition) is 1. The number of ether oxygens (including phenoxy) is 1. The van der Waals surface area contributed by atoms with Crippen LogP contribution >= 0.6 is 0 Å². The fraction of sp³-hybridized carbons (Fsp3) is 0.238. The molecule has 1 fully saturated rings. The quantitative estimate of drug-likeness (QED) is 0.497. The van der Waals surface area contributed by atoms with E-state index >= 15 is 0 Å². The van der Waals surface area contributed by atoms with E-state index in [1.54, 1.807) is 42.8 Å². The fourth-order valence-corrected chi connectivity index (χ4v) is 2.75. The average molecular weight is 445 g/mol. The SMILES string of the molecule is COc1ccn2c(C(=O)Nc3cccc(-c4noc(C)n4)c3F)cnc2c1.FC1(F)CC1. The predicted molar refractivity (Wildman–Crippen MR) is 108 cm³/mol. The molecule has 0 spiro atoms. The normalized spacial score (nSPS) is 13.9. The molecule has 8 nitrogen and oxygen atoms in total. The van der Waals surface area contributed by atoms with Crippen molar-refractivity contribution in [2.45, 2.75) is 25.7 Å². The lowest BCUT2D eigenvalue weighted by atomic mass is 10.1. The monoisotopic (exact) mass is 445 g/mol. The van der Waals surface area contributed by atoms with Crippen molar-refractivity contribution in [1.82, 2.24) is 19.5 Å². The molecule has 1 N–H and O–H groups in total. The number of alkyl halides is 2. The average Bonchev–Trinajstić information content (AvgIpc) is 3.15. The fourth-order valence-electron chi connectivity index (χ4n) is 2.75. The van der Waals surface area contributed by atoms with Gasteiger partial charge in [-0.3, -0.25) is 9.20 Å². The van der Waals surface area contributed by atoms with Crippen LogP contribution in [0, 0.1) is 12.7 Å². The molecule has 3 aromatic heterocycles. The molecule has 0 atom stereocenters. The number of anilines is 1. The Morgan fingerprint density at radius 3 is 2.66 bits per heavy atom. The van der Waals surface area contributed by atoms with Gasteiger partial charge in [-0.15, -0.1) is 0 Å². The summed E-state index contributed by atoms with van der Waals surface area (Å²) < 4.78 is 48.7. The second-order valence-electron chi connectivity index (χ2n) is 7.05. The first-order valence-corrected chi connectivity index (χ1v) is 9.57. The Labute approximate surface area is 180 Å². The van der Waals surface area contributed by atoms with Crippen LogP contribution in [-0.4, -0.2) is 38.5 Å². The molecule has 1 saturated carbocycles. The highest BCUT2D eigenvalue weighted by Gasteiger charge is 2.43. The van der Waals surface area contributed by atoms with Crippen LogP contribution in [-0.2, 0) is 0 Å². The summed E-state index contributed by atoms with van der Waals surface area (Å²) in [6.45, 7) is 1.61. The van der Waals surface area contributed by atoms with E-state index in [9.17, 15) is 18.0 Å². The number of rotatable bonds is 4. The summed E-state index contributed by atoms with van der Waals surface area (Å²) in [5, 5.41) is 6.27. The molecule has 11 heteroatoms. The van der Waals surface area contributed by atoms with Gasteiger partial charge >= 0.3 is 0 Å². The van der Waals surface area contributed by atoms with Crippen LogP contribution in [0.5, 0.6) is 5.75 Å². The summed E-state index contributed by atoms with van der Waals surface area (Å²) in [5.74, 6) is -2.35. The maximum Gasteiger partial charge on any atom is 0.274 e. The Kier molecular flexibility index (Phi) is 5.56. The third-order valence-corrected chi connectivity index (χ3v) is 4.60. The van der Waals surface area contributed by atoms with Gasteiger partial charge in [0.2, 0.25) is 17.6 Å². The number of nitrogens with zero attached hydrogens (tertiary/aromatic N) is 4. The number of aryl methyl sites for hydroxylation is 1. The van der Waals surface area contributed by atoms with Gasteiger partial charge in [0.1, 0.15) is 17.1 Å². The molecule has 0 saturated heterocycles. The Bertz CT molecular complexity index is 1280. The highest BCUT2D eigenvalue weighted by molar-refractivity contribution is 6.03. The number of amides is 1. The smallest absolute Gasteiger partial charge is 0.274 e. The molecule has 1 aromatic carbocycles. The molecule has 5 rings (SSSR count). The van der Waals surface area contributed by atoms with Crippen molar-refractivity contribution in [3.63, 3.8) is 0 Å². The van der Waals surface area contributed by atoms with E-state index in [0.717, 1.165) is 0 Å². The molecule has 0 aliphatic heterocycles. The molecule has 1 aliphatic carbocycles. The Morgan fingerprint density at radius 1 is 1.28 bits per heavy atom. The third kappa shape index (κ3) is 4.56. The summed E-state index contributed by atoms with van der Waals surface area (Å²) in [6.07, 6.45) is 3.30. The summed E-state index contributed by atoms with van der Waals surface area (Å²) in [7, 11) is 1.55. The van der Waals surface area contributed by atoms with E-state index in [4.69, 9.17) is 9.26 Å². The van der Waals surface area contributed by atoms with Crippen molar-refractivity contribution in [2.24, 2.45) is 0 Å². The van der Waals surface area contributed by atoms with Crippen molar-refractivity contribution >= 4 is 17.2 Å². The van der Waals surface area contributed by atoms with E-state index in [0.29, 0.717) is 17.3 Å². The van der Waals surface area contributed by atoms with Gasteiger partial charge in [0.05, 0.1) is 24.6 Å². The highest BCUT2D eigenvalue weighted by atomic mass is 19.3. The lowest BCUT2D eigenvalue weighted by Gasteiger charge is -2.08. The van der Waals surface area contributed by atoms with E-state index in [1.807, 2.05) is 0 Å². The van der Waals surface area contributed by atoms with Gasteiger partial charge in [0, 0.05) is 32.0 Å². The topological polar surface area (TPSA) is 94.6 Å². The minimum atomic E-state index is -2.25. The Hall–Kier alpha value is -3.89. The number of hydrogen-bond acceptors (Lipinski definition) is 6. The van der Waals surface area contributed by atoms with E-state index in [1.165, 1.54) is 18.3 Å². The van der Waals surface area contributed by atoms with E-state index in [-0.39, 0.29) is 35.6 Å². The molecule has 3 heterocycles. The number of pyridine rings is 1. The van der Waals surface area contributed by atoms with E-state index in [2.05, 4.69) is 20.4 Å². The zero-order chi connectivity index (χ0) is 22.9. The van der Waals surface area contributed by atoms with Crippen molar-refractivity contribution in [3.05, 3.63) is 60.1 Å². The van der Waals surface area contributed by atoms with Gasteiger partial charge in [-0.2, -0.15) is 4.98 Å². The van der Waals surface area contributed by atoms with Gasteiger partial charge in [-0.05, 0) is 18.2 Å². The van der Waals surface area contributed by atoms with Crippen LogP contribution < -0.4 is 10.1 Å². The number of nitrogens with one attached hydrogen (secondary N) is 1. The standard InChI is InChI=1S/C18H14FN5O3.C3H4F2/c1-10-21-17(23-27-10)12-4-3-5-13(16(12)19)22-18(25)14-9-20-15-8-11(26-2)6-7-24(14)15;4-3(5)1-2-3/h3-9H,1-2H3,(H,22,25);1-2H2. The van der Waals surface area contributed by atoms with Gasteiger partial charge in [-0.1, -0.05) is 11.2 Å². The predicted octanol–water partition coefficient (Wildman–Crippen LogP) is 4.51. The van der Waals surface area contributed by atoms with Crippen molar-refractivity contribution in [3.8, 4) is 17.1 Å². The maximum atomic E-state index is 14.8. The molecule has 4 aromatic rings. The number of carbonyl (C=O) groups is 1. The van der Waals surface area contributed by atoms with Crippen molar-refractivity contribution in [1.29, 1.82) is 0 Å². The zero-order valence-electron chi connectivity index (χ0n) is 17.1. The summed E-state index contributed by atoms with van der Waals surface area (Å²) >= 11 is 0. The Morgan fingerprint density at radius 2 is 2.03 bits per heavy atom. The van der Waals surface area contributed by atoms with E-state index < -0.39 is 17.6 Å². The first-order chi connectivity index (χ1) is 15.3. The summed E-state index contributed by atoms with van der Waals surface area (Å²) in [5.41, 5.74) is 0.930. The van der Waals surface area contributed by atoms with Crippen LogP contribution in [0.4, 0.5) is 18.9 Å². The third-order valence-electron chi connectivity index (χ3n) is 4.60. The second-order valence-corrected chi connectivity index (χ2v) is 7.05.